The summed E-state index contributed by atoms with van der Waals surface area (Å²) in [5.74, 6) is 0. The number of halogens is 1. The molecule has 18 heavy (non-hydrogen) atoms. The molecule has 0 radical (unpaired) electrons. The van der Waals surface area contributed by atoms with Gasteiger partial charge in [-0.25, -0.2) is 0 Å². The first-order valence-corrected chi connectivity index (χ1v) is 6.62. The Morgan fingerprint density at radius 1 is 1.50 bits per heavy atom. The topological polar surface area (TPSA) is 43.0 Å². The Balaban J connectivity index is 2.26. The minimum absolute atomic E-state index is 0.0341. The van der Waals surface area contributed by atoms with Crippen molar-refractivity contribution in [3.05, 3.63) is 41.1 Å². The van der Waals surface area contributed by atoms with E-state index in [9.17, 15) is 0 Å². The van der Waals surface area contributed by atoms with Gasteiger partial charge in [-0.15, -0.1) is 0 Å². The number of hydrogen-bond acceptors (Lipinski definition) is 3. The molecule has 0 aliphatic rings. The van der Waals surface area contributed by atoms with E-state index < -0.39 is 0 Å². The summed E-state index contributed by atoms with van der Waals surface area (Å²) in [4.78, 5) is 0. The number of aromatic nitrogens is 2. The predicted molar refractivity (Wildman–Crippen MR) is 71.8 cm³/mol. The zero-order chi connectivity index (χ0) is 13.0. The lowest BCUT2D eigenvalue weighted by atomic mass is 10.1. The second-order valence-electron chi connectivity index (χ2n) is 4.18. The fraction of sp³-hybridized carbons (Fsp3) is 0.462. The summed E-state index contributed by atoms with van der Waals surface area (Å²) in [5.41, 5.74) is 2.06. The maximum Gasteiger partial charge on any atom is 0.198 e. The fourth-order valence-corrected chi connectivity index (χ4v) is 2.23. The maximum absolute atomic E-state index is 6.05. The second kappa shape index (κ2) is 6.07. The van der Waals surface area contributed by atoms with Gasteiger partial charge in [-0.2, -0.15) is 5.10 Å². The summed E-state index contributed by atoms with van der Waals surface area (Å²) in [6.45, 7) is 5.98. The van der Waals surface area contributed by atoms with Crippen LogP contribution < -0.4 is 5.32 Å². The zero-order valence-electron chi connectivity index (χ0n) is 10.7. The molecule has 2 rings (SSSR count). The molecule has 0 aromatic carbocycles. The van der Waals surface area contributed by atoms with E-state index >= 15 is 0 Å². The monoisotopic (exact) mass is 267 g/mol. The molecule has 0 saturated heterocycles. The molecule has 0 amide bonds. The van der Waals surface area contributed by atoms with Gasteiger partial charge >= 0.3 is 0 Å². The van der Waals surface area contributed by atoms with Gasteiger partial charge in [0.15, 0.2) is 5.22 Å². The summed E-state index contributed by atoms with van der Waals surface area (Å²) >= 11 is 6.05. The molecule has 98 valence electrons. The highest BCUT2D eigenvalue weighted by Crippen LogP contribution is 2.28. The molecule has 1 atom stereocenters. The number of aryl methyl sites for hydroxylation is 1. The molecule has 2 heterocycles. The Labute approximate surface area is 112 Å². The number of nitrogens with one attached hydrogen (secondary N) is 1. The number of furan rings is 1. The molecule has 5 heteroatoms. The first-order valence-electron chi connectivity index (χ1n) is 6.24. The lowest BCUT2D eigenvalue weighted by molar-refractivity contribution is 0.554. The van der Waals surface area contributed by atoms with Crippen LogP contribution in [0.25, 0.3) is 0 Å². The van der Waals surface area contributed by atoms with Crippen LogP contribution in [0.15, 0.2) is 29.1 Å². The van der Waals surface area contributed by atoms with Gasteiger partial charge in [0.05, 0.1) is 18.5 Å². The zero-order valence-corrected chi connectivity index (χ0v) is 11.4. The summed E-state index contributed by atoms with van der Waals surface area (Å²) in [7, 11) is 0. The van der Waals surface area contributed by atoms with E-state index in [0.29, 0.717) is 5.22 Å². The molecule has 1 unspecified atom stereocenters. The van der Waals surface area contributed by atoms with Crippen LogP contribution in [-0.4, -0.2) is 16.3 Å². The van der Waals surface area contributed by atoms with Crippen molar-refractivity contribution in [2.24, 2.45) is 0 Å². The van der Waals surface area contributed by atoms with Crippen molar-refractivity contribution in [2.45, 2.75) is 32.9 Å². The van der Waals surface area contributed by atoms with Gasteiger partial charge < -0.3 is 9.73 Å². The highest BCUT2D eigenvalue weighted by molar-refractivity contribution is 6.29. The second-order valence-corrected chi connectivity index (χ2v) is 4.52. The van der Waals surface area contributed by atoms with Crippen LogP contribution in [-0.2, 0) is 6.54 Å². The molecule has 0 aliphatic carbocycles. The highest BCUT2D eigenvalue weighted by atomic mass is 35.5. The minimum atomic E-state index is 0.0341. The van der Waals surface area contributed by atoms with Crippen LogP contribution >= 0.6 is 11.6 Å². The molecule has 0 spiro atoms. The van der Waals surface area contributed by atoms with E-state index in [1.165, 1.54) is 0 Å². The molecule has 1 N–H and O–H groups in total. The largest absolute Gasteiger partial charge is 0.453 e. The molecular weight excluding hydrogens is 250 g/mol. The first kappa shape index (κ1) is 13.2. The molecule has 2 aromatic heterocycles. The van der Waals surface area contributed by atoms with Crippen molar-refractivity contribution in [3.63, 3.8) is 0 Å². The predicted octanol–water partition coefficient (Wildman–Crippen LogP) is 3.24. The fourth-order valence-electron chi connectivity index (χ4n) is 2.00. The average Bonchev–Trinajstić information content (AvgIpc) is 2.96. The summed E-state index contributed by atoms with van der Waals surface area (Å²) in [5, 5.41) is 8.19. The van der Waals surface area contributed by atoms with Crippen LogP contribution in [0.2, 0.25) is 5.22 Å². The van der Waals surface area contributed by atoms with Gasteiger partial charge in [-0.3, -0.25) is 4.68 Å². The Hall–Kier alpha value is -1.26. The molecule has 4 nitrogen and oxygen atoms in total. The molecule has 0 aliphatic heterocycles. The smallest absolute Gasteiger partial charge is 0.198 e. The third kappa shape index (κ3) is 2.76. The SMILES string of the molecule is CCCn1cc(C(NCC)c2ccoc2Cl)cn1. The average molecular weight is 268 g/mol. The lowest BCUT2D eigenvalue weighted by Crippen LogP contribution is -2.21. The van der Waals surface area contributed by atoms with Gasteiger partial charge in [0.25, 0.3) is 0 Å². The Morgan fingerprint density at radius 3 is 2.94 bits per heavy atom. The van der Waals surface area contributed by atoms with Gasteiger partial charge in [-0.05, 0) is 30.6 Å². The van der Waals surface area contributed by atoms with E-state index in [-0.39, 0.29) is 6.04 Å². The first-order chi connectivity index (χ1) is 8.76. The van der Waals surface area contributed by atoms with Crippen molar-refractivity contribution in [3.8, 4) is 0 Å². The van der Waals surface area contributed by atoms with Crippen LogP contribution in [0.5, 0.6) is 0 Å². The lowest BCUT2D eigenvalue weighted by Gasteiger charge is -2.14. The molecular formula is C13H18ClN3O. The summed E-state index contributed by atoms with van der Waals surface area (Å²) < 4.78 is 7.12. The van der Waals surface area contributed by atoms with E-state index in [1.807, 2.05) is 16.9 Å². The molecule has 2 aromatic rings. The van der Waals surface area contributed by atoms with Crippen molar-refractivity contribution < 1.29 is 4.42 Å². The third-order valence-corrected chi connectivity index (χ3v) is 3.11. The molecule has 0 bridgehead atoms. The Kier molecular flexibility index (Phi) is 4.44. The molecule has 0 fully saturated rings. The van der Waals surface area contributed by atoms with E-state index in [1.54, 1.807) is 6.26 Å². The van der Waals surface area contributed by atoms with Gasteiger partial charge in [0.1, 0.15) is 0 Å². The van der Waals surface area contributed by atoms with Gasteiger partial charge in [-0.1, -0.05) is 13.8 Å². The van der Waals surface area contributed by atoms with E-state index in [0.717, 1.165) is 30.6 Å². The third-order valence-electron chi connectivity index (χ3n) is 2.80. The molecule has 0 saturated carbocycles. The Morgan fingerprint density at radius 2 is 2.33 bits per heavy atom. The normalized spacial score (nSPS) is 12.8. The van der Waals surface area contributed by atoms with Crippen LogP contribution in [0.3, 0.4) is 0 Å². The summed E-state index contributed by atoms with van der Waals surface area (Å²) in [6.07, 6.45) is 6.62. The van der Waals surface area contributed by atoms with Crippen LogP contribution in [0.1, 0.15) is 37.4 Å². The van der Waals surface area contributed by atoms with Crippen LogP contribution in [0, 0.1) is 0 Å². The summed E-state index contributed by atoms with van der Waals surface area (Å²) in [6, 6.07) is 1.93. The number of hydrogen-bond donors (Lipinski definition) is 1. The number of rotatable bonds is 6. The van der Waals surface area contributed by atoms with Gasteiger partial charge in [0, 0.05) is 23.9 Å². The van der Waals surface area contributed by atoms with Crippen molar-refractivity contribution >= 4 is 11.6 Å². The van der Waals surface area contributed by atoms with Crippen molar-refractivity contribution in [1.29, 1.82) is 0 Å². The van der Waals surface area contributed by atoms with Crippen molar-refractivity contribution in [1.82, 2.24) is 15.1 Å². The highest BCUT2D eigenvalue weighted by Gasteiger charge is 2.19. The minimum Gasteiger partial charge on any atom is -0.453 e. The quantitative estimate of drug-likeness (QED) is 0.874. The van der Waals surface area contributed by atoms with Gasteiger partial charge in [0.2, 0.25) is 0 Å². The van der Waals surface area contributed by atoms with E-state index in [2.05, 4.69) is 30.5 Å². The number of nitrogens with zero attached hydrogens (tertiary/aromatic N) is 2. The standard InChI is InChI=1S/C13H18ClN3O/c1-3-6-17-9-10(8-16-17)12(15-4-2)11-5-7-18-13(11)14/h5,7-9,12,15H,3-4,6H2,1-2H3. The maximum atomic E-state index is 6.05. The van der Waals surface area contributed by atoms with E-state index in [4.69, 9.17) is 16.0 Å². The van der Waals surface area contributed by atoms with Crippen molar-refractivity contribution in [2.75, 3.05) is 6.54 Å². The van der Waals surface area contributed by atoms with Crippen LogP contribution in [0.4, 0.5) is 0 Å². The Bertz CT molecular complexity index is 492.